The number of fused-ring (bicyclic) bond motifs is 1. The van der Waals surface area contributed by atoms with E-state index in [4.69, 9.17) is 4.74 Å². The van der Waals surface area contributed by atoms with Crippen LogP contribution in [0.1, 0.15) is 22.8 Å². The summed E-state index contributed by atoms with van der Waals surface area (Å²) in [6.45, 7) is 3.14. The summed E-state index contributed by atoms with van der Waals surface area (Å²) in [6, 6.07) is 14.2. The van der Waals surface area contributed by atoms with Crippen molar-refractivity contribution in [3.05, 3.63) is 65.9 Å². The Kier molecular flexibility index (Phi) is 6.63. The number of amides is 3. The molecule has 1 aromatic heterocycles. The lowest BCUT2D eigenvalue weighted by molar-refractivity contribution is -0.137. The van der Waals surface area contributed by atoms with Crippen molar-refractivity contribution in [2.24, 2.45) is 0 Å². The molecular weight excluding hydrogens is 420 g/mol. The Labute approximate surface area is 192 Å². The van der Waals surface area contributed by atoms with Gasteiger partial charge in [0.1, 0.15) is 11.8 Å². The van der Waals surface area contributed by atoms with Gasteiger partial charge in [0.25, 0.3) is 5.91 Å². The van der Waals surface area contributed by atoms with E-state index in [0.717, 1.165) is 16.5 Å². The van der Waals surface area contributed by atoms with Gasteiger partial charge in [0.15, 0.2) is 0 Å². The maximum Gasteiger partial charge on any atom is 0.253 e. The molecule has 33 heavy (non-hydrogen) atoms. The molecule has 0 bridgehead atoms. The standard InChI is InChI=1S/C25H28N4O4/c1-17(30)27-23(15-19-16-26-22-6-4-3-5-21(19)22)25(32)29-13-11-28(12-14-29)24(31)18-7-9-20(33-2)10-8-18/h3-10,16,23,26H,11-15H2,1-2H3,(H,27,30). The monoisotopic (exact) mass is 448 g/mol. The first-order valence-corrected chi connectivity index (χ1v) is 11.0. The van der Waals surface area contributed by atoms with Crippen LogP contribution in [0.5, 0.6) is 5.75 Å². The van der Waals surface area contributed by atoms with Gasteiger partial charge in [0.2, 0.25) is 11.8 Å². The second-order valence-electron chi connectivity index (χ2n) is 8.16. The number of aromatic amines is 1. The van der Waals surface area contributed by atoms with Crippen LogP contribution in [0.25, 0.3) is 10.9 Å². The van der Waals surface area contributed by atoms with Gasteiger partial charge >= 0.3 is 0 Å². The van der Waals surface area contributed by atoms with Gasteiger partial charge in [-0.25, -0.2) is 0 Å². The van der Waals surface area contributed by atoms with Gasteiger partial charge in [0, 0.05) is 62.2 Å². The summed E-state index contributed by atoms with van der Waals surface area (Å²) in [6.07, 6.45) is 2.28. The minimum atomic E-state index is -0.662. The number of benzene rings is 2. The molecule has 1 fully saturated rings. The van der Waals surface area contributed by atoms with E-state index in [-0.39, 0.29) is 17.7 Å². The molecule has 172 valence electrons. The number of para-hydroxylation sites is 1. The second kappa shape index (κ2) is 9.77. The number of aromatic nitrogens is 1. The maximum absolute atomic E-state index is 13.3. The highest BCUT2D eigenvalue weighted by atomic mass is 16.5. The van der Waals surface area contributed by atoms with Crippen molar-refractivity contribution in [2.45, 2.75) is 19.4 Å². The zero-order valence-corrected chi connectivity index (χ0v) is 18.8. The topological polar surface area (TPSA) is 94.7 Å². The molecule has 8 heteroatoms. The third kappa shape index (κ3) is 5.00. The molecule has 0 aliphatic carbocycles. The minimum absolute atomic E-state index is 0.0676. The average Bonchev–Trinajstić information content (AvgIpc) is 3.25. The third-order valence-corrected chi connectivity index (χ3v) is 5.99. The molecule has 0 saturated carbocycles. The molecule has 0 spiro atoms. The fourth-order valence-electron chi connectivity index (χ4n) is 4.23. The van der Waals surface area contributed by atoms with Crippen LogP contribution in [0, 0.1) is 0 Å². The summed E-state index contributed by atoms with van der Waals surface area (Å²) >= 11 is 0. The minimum Gasteiger partial charge on any atom is -0.497 e. The fraction of sp³-hybridized carbons (Fsp3) is 0.320. The van der Waals surface area contributed by atoms with Crippen LogP contribution < -0.4 is 10.1 Å². The van der Waals surface area contributed by atoms with Gasteiger partial charge in [-0.05, 0) is 35.9 Å². The molecule has 2 N–H and O–H groups in total. The third-order valence-electron chi connectivity index (χ3n) is 5.99. The predicted molar refractivity (Wildman–Crippen MR) is 125 cm³/mol. The Morgan fingerprint density at radius 3 is 2.33 bits per heavy atom. The number of carbonyl (C=O) groups excluding carboxylic acids is 3. The number of methoxy groups -OCH3 is 1. The first kappa shape index (κ1) is 22.4. The smallest absolute Gasteiger partial charge is 0.253 e. The fourth-order valence-corrected chi connectivity index (χ4v) is 4.23. The number of nitrogens with zero attached hydrogens (tertiary/aromatic N) is 2. The number of rotatable bonds is 6. The molecular formula is C25H28N4O4. The summed E-state index contributed by atoms with van der Waals surface area (Å²) in [5, 5.41) is 3.85. The molecule has 8 nitrogen and oxygen atoms in total. The van der Waals surface area contributed by atoms with Gasteiger partial charge in [-0.3, -0.25) is 14.4 Å². The summed E-state index contributed by atoms with van der Waals surface area (Å²) in [7, 11) is 1.58. The first-order valence-electron chi connectivity index (χ1n) is 11.0. The number of hydrogen-bond donors (Lipinski definition) is 2. The number of carbonyl (C=O) groups is 3. The normalized spacial score (nSPS) is 14.7. The van der Waals surface area contributed by atoms with Crippen molar-refractivity contribution in [3.63, 3.8) is 0 Å². The molecule has 2 heterocycles. The van der Waals surface area contributed by atoms with Crippen LogP contribution in [0.4, 0.5) is 0 Å². The van der Waals surface area contributed by atoms with E-state index in [0.29, 0.717) is 43.9 Å². The molecule has 1 aliphatic rings. The number of H-pyrrole nitrogens is 1. The molecule has 1 unspecified atom stereocenters. The van der Waals surface area contributed by atoms with Crippen LogP contribution in [0.3, 0.4) is 0 Å². The number of hydrogen-bond acceptors (Lipinski definition) is 4. The highest BCUT2D eigenvalue weighted by Crippen LogP contribution is 2.20. The zero-order chi connectivity index (χ0) is 23.4. The van der Waals surface area contributed by atoms with Crippen molar-refractivity contribution in [3.8, 4) is 5.75 Å². The van der Waals surface area contributed by atoms with E-state index in [2.05, 4.69) is 10.3 Å². The average molecular weight is 449 g/mol. The van der Waals surface area contributed by atoms with Crippen LogP contribution in [-0.2, 0) is 16.0 Å². The van der Waals surface area contributed by atoms with Crippen LogP contribution >= 0.6 is 0 Å². The van der Waals surface area contributed by atoms with Gasteiger partial charge in [-0.1, -0.05) is 18.2 Å². The highest BCUT2D eigenvalue weighted by molar-refractivity contribution is 5.95. The van der Waals surface area contributed by atoms with Gasteiger partial charge in [-0.2, -0.15) is 0 Å². The molecule has 1 aliphatic heterocycles. The Balaban J connectivity index is 1.41. The van der Waals surface area contributed by atoms with E-state index in [1.165, 1.54) is 6.92 Å². The Hall–Kier alpha value is -3.81. The lowest BCUT2D eigenvalue weighted by Gasteiger charge is -2.36. The Morgan fingerprint density at radius 1 is 1.00 bits per heavy atom. The van der Waals surface area contributed by atoms with Gasteiger partial charge < -0.3 is 24.8 Å². The molecule has 3 amide bonds. The van der Waals surface area contributed by atoms with Gasteiger partial charge in [0.05, 0.1) is 7.11 Å². The summed E-state index contributed by atoms with van der Waals surface area (Å²) < 4.78 is 5.14. The summed E-state index contributed by atoms with van der Waals surface area (Å²) in [5.41, 5.74) is 2.56. The summed E-state index contributed by atoms with van der Waals surface area (Å²) in [5.74, 6) is 0.247. The van der Waals surface area contributed by atoms with Crippen molar-refractivity contribution in [2.75, 3.05) is 33.3 Å². The van der Waals surface area contributed by atoms with E-state index < -0.39 is 6.04 Å². The molecule has 2 aromatic carbocycles. The van der Waals surface area contributed by atoms with E-state index in [1.54, 1.807) is 41.2 Å². The molecule has 3 aromatic rings. The lowest BCUT2D eigenvalue weighted by atomic mass is 10.0. The zero-order valence-electron chi connectivity index (χ0n) is 18.8. The van der Waals surface area contributed by atoms with Crippen molar-refractivity contribution in [1.82, 2.24) is 20.1 Å². The molecule has 1 saturated heterocycles. The molecule has 1 atom stereocenters. The van der Waals surface area contributed by atoms with E-state index in [1.807, 2.05) is 30.5 Å². The SMILES string of the molecule is COc1ccc(C(=O)N2CCN(C(=O)C(Cc3c[nH]c4ccccc34)NC(C)=O)CC2)cc1. The van der Waals surface area contributed by atoms with Crippen molar-refractivity contribution >= 4 is 28.6 Å². The van der Waals surface area contributed by atoms with Crippen LogP contribution in [-0.4, -0.2) is 71.8 Å². The molecule has 0 radical (unpaired) electrons. The summed E-state index contributed by atoms with van der Waals surface area (Å²) in [4.78, 5) is 44.6. The quantitative estimate of drug-likeness (QED) is 0.605. The van der Waals surface area contributed by atoms with E-state index in [9.17, 15) is 14.4 Å². The highest BCUT2D eigenvalue weighted by Gasteiger charge is 2.30. The number of ether oxygens (including phenoxy) is 1. The van der Waals surface area contributed by atoms with Crippen molar-refractivity contribution < 1.29 is 19.1 Å². The lowest BCUT2D eigenvalue weighted by Crippen LogP contribution is -2.56. The van der Waals surface area contributed by atoms with Crippen molar-refractivity contribution in [1.29, 1.82) is 0 Å². The first-order chi connectivity index (χ1) is 16.0. The largest absolute Gasteiger partial charge is 0.497 e. The van der Waals surface area contributed by atoms with Gasteiger partial charge in [-0.15, -0.1) is 0 Å². The number of nitrogens with one attached hydrogen (secondary N) is 2. The Morgan fingerprint density at radius 2 is 1.67 bits per heavy atom. The predicted octanol–water partition coefficient (Wildman–Crippen LogP) is 2.21. The Bertz CT molecular complexity index is 1150. The maximum atomic E-state index is 13.3. The van der Waals surface area contributed by atoms with Crippen LogP contribution in [0.2, 0.25) is 0 Å². The van der Waals surface area contributed by atoms with Crippen LogP contribution in [0.15, 0.2) is 54.7 Å². The molecule has 4 rings (SSSR count). The van der Waals surface area contributed by atoms with E-state index >= 15 is 0 Å². The second-order valence-corrected chi connectivity index (χ2v) is 8.16. The number of piperazine rings is 1.